The Bertz CT molecular complexity index is 2460. The molecule has 3 amide bonds. The molecule has 6 rings (SSSR count). The number of nitrogens with one attached hydrogen (secondary N) is 3. The van der Waals surface area contributed by atoms with Gasteiger partial charge in [0.1, 0.15) is 22.5 Å². The van der Waals surface area contributed by atoms with Crippen LogP contribution in [-0.2, 0) is 9.59 Å². The number of hydrogen-bond acceptors (Lipinski definition) is 6. The van der Waals surface area contributed by atoms with Crippen LogP contribution in [-0.4, -0.2) is 34.9 Å². The van der Waals surface area contributed by atoms with Gasteiger partial charge in [0.05, 0.1) is 57.1 Å². The van der Waals surface area contributed by atoms with Crippen molar-refractivity contribution in [1.82, 2.24) is 5.43 Å². The number of amidine groups is 1. The molecule has 58 heavy (non-hydrogen) atoms. The van der Waals surface area contributed by atoms with Crippen molar-refractivity contribution in [2.24, 2.45) is 4.99 Å². The van der Waals surface area contributed by atoms with Gasteiger partial charge < -0.3 is 15.4 Å². The molecule has 5 aromatic rings. The molecule has 0 aromatic heterocycles. The summed E-state index contributed by atoms with van der Waals surface area (Å²) in [7, 11) is 0. The summed E-state index contributed by atoms with van der Waals surface area (Å²) in [6.45, 7) is 5.73. The van der Waals surface area contributed by atoms with Crippen molar-refractivity contribution in [3.05, 3.63) is 136 Å². The van der Waals surface area contributed by atoms with E-state index in [2.05, 4.69) is 16.1 Å². The predicted molar refractivity (Wildman–Crippen MR) is 240 cm³/mol. The maximum absolute atomic E-state index is 14.5. The zero-order valence-corrected chi connectivity index (χ0v) is 37.2. The molecule has 1 saturated heterocycles. The summed E-state index contributed by atoms with van der Waals surface area (Å²) >= 11 is 52.6. The molecule has 2 unspecified atom stereocenters. The molecule has 0 aliphatic carbocycles. The topological polar surface area (TPSA) is 112 Å². The smallest absolute Gasteiger partial charge is 0.267 e. The minimum Gasteiger partial charge on any atom is -0.480 e. The third kappa shape index (κ3) is 9.41. The Morgan fingerprint density at radius 1 is 0.810 bits per heavy atom. The van der Waals surface area contributed by atoms with E-state index in [1.165, 1.54) is 12.1 Å². The molecule has 1 fully saturated rings. The molecule has 1 aliphatic rings. The van der Waals surface area contributed by atoms with Gasteiger partial charge in [-0.3, -0.25) is 19.8 Å². The van der Waals surface area contributed by atoms with Crippen LogP contribution in [0.5, 0.6) is 5.75 Å². The zero-order valence-electron chi connectivity index (χ0n) is 30.3. The highest BCUT2D eigenvalue weighted by Crippen LogP contribution is 2.49. The molecule has 9 nitrogen and oxygen atoms in total. The fourth-order valence-corrected chi connectivity index (χ4v) is 8.85. The Labute approximate surface area is 378 Å². The largest absolute Gasteiger partial charge is 0.480 e. The molecule has 1 heterocycles. The summed E-state index contributed by atoms with van der Waals surface area (Å²) in [6, 6.07) is 21.9. The van der Waals surface area contributed by atoms with Gasteiger partial charge in [-0.05, 0) is 74.4 Å². The van der Waals surface area contributed by atoms with Gasteiger partial charge in [0.15, 0.2) is 6.10 Å². The molecular formula is C40H29Cl8N5O4S. The Kier molecular flexibility index (Phi) is 14.3. The van der Waals surface area contributed by atoms with Crippen LogP contribution in [0.4, 0.5) is 22.7 Å². The number of para-hydroxylation sites is 1. The first kappa shape index (κ1) is 44.0. The quantitative estimate of drug-likeness (QED) is 0.0898. The lowest BCUT2D eigenvalue weighted by molar-refractivity contribution is -0.122. The second-order valence-corrected chi connectivity index (χ2v) is 16.9. The molecule has 2 atom stereocenters. The van der Waals surface area contributed by atoms with Gasteiger partial charge in [-0.25, -0.2) is 10.0 Å². The summed E-state index contributed by atoms with van der Waals surface area (Å²) < 4.78 is 6.14. The zero-order chi connectivity index (χ0) is 42.0. The third-order valence-corrected chi connectivity index (χ3v) is 13.1. The first-order chi connectivity index (χ1) is 27.6. The van der Waals surface area contributed by atoms with Crippen LogP contribution >= 0.6 is 105 Å². The van der Waals surface area contributed by atoms with E-state index in [9.17, 15) is 14.4 Å². The van der Waals surface area contributed by atoms with Crippen molar-refractivity contribution in [2.75, 3.05) is 15.6 Å². The number of benzene rings is 5. The van der Waals surface area contributed by atoms with E-state index >= 15 is 0 Å². The van der Waals surface area contributed by atoms with Crippen LogP contribution in [0, 0.1) is 13.8 Å². The molecule has 18 heteroatoms. The van der Waals surface area contributed by atoms with E-state index in [4.69, 9.17) is 103 Å². The fraction of sp³-hybridized carbons (Fsp3) is 0.150. The third-order valence-electron chi connectivity index (χ3n) is 8.62. The summed E-state index contributed by atoms with van der Waals surface area (Å²) in [5, 5.41) is 5.43. The molecule has 0 saturated carbocycles. The molecule has 0 spiro atoms. The first-order valence-electron chi connectivity index (χ1n) is 17.2. The Morgan fingerprint density at radius 2 is 1.47 bits per heavy atom. The Balaban J connectivity index is 1.36. The number of halogens is 8. The highest BCUT2D eigenvalue weighted by Gasteiger charge is 2.42. The number of amides is 3. The number of carbonyl (C=O) groups excluding carboxylic acids is 3. The fourth-order valence-electron chi connectivity index (χ4n) is 5.74. The number of aryl methyl sites for hydroxylation is 2. The monoisotopic (exact) mass is 955 g/mol. The van der Waals surface area contributed by atoms with Crippen molar-refractivity contribution in [3.8, 4) is 5.75 Å². The maximum atomic E-state index is 14.5. The second-order valence-electron chi connectivity index (χ2n) is 12.7. The number of hydrazine groups is 1. The molecule has 0 radical (unpaired) electrons. The van der Waals surface area contributed by atoms with Crippen molar-refractivity contribution in [1.29, 1.82) is 0 Å². The summed E-state index contributed by atoms with van der Waals surface area (Å²) in [4.78, 5) is 46.6. The van der Waals surface area contributed by atoms with E-state index in [-0.39, 0.29) is 63.0 Å². The van der Waals surface area contributed by atoms with Crippen LogP contribution in [0.3, 0.4) is 0 Å². The van der Waals surface area contributed by atoms with E-state index in [1.807, 2.05) is 39.0 Å². The number of carbonyl (C=O) groups is 3. The lowest BCUT2D eigenvalue weighted by Crippen LogP contribution is -2.36. The Morgan fingerprint density at radius 3 is 2.12 bits per heavy atom. The number of thioether (sulfide) groups is 1. The van der Waals surface area contributed by atoms with E-state index in [1.54, 1.807) is 48.5 Å². The van der Waals surface area contributed by atoms with Crippen molar-refractivity contribution in [2.45, 2.75) is 43.4 Å². The predicted octanol–water partition coefficient (Wildman–Crippen LogP) is 13.3. The highest BCUT2D eigenvalue weighted by molar-refractivity contribution is 8.01. The summed E-state index contributed by atoms with van der Waals surface area (Å²) in [5.41, 5.74) is 5.79. The van der Waals surface area contributed by atoms with E-state index in [0.717, 1.165) is 27.9 Å². The number of anilines is 3. The van der Waals surface area contributed by atoms with E-state index < -0.39 is 29.1 Å². The van der Waals surface area contributed by atoms with Crippen LogP contribution in [0.1, 0.15) is 34.8 Å². The SMILES string of the molecule is CCC(Oc1ccc(C)cc1C)C(=O)Nc1ccccc1SC1C(=O)N(c2c(Cl)c(Cl)c(Cl)c(Cl)c2Cl)NC1=Nc1cc(NC(=O)c2c(Cl)cccc2Cl)ccc1Cl. The van der Waals surface area contributed by atoms with Gasteiger partial charge in [0.2, 0.25) is 0 Å². The van der Waals surface area contributed by atoms with Crippen molar-refractivity contribution >= 4 is 151 Å². The molecule has 5 aromatic carbocycles. The molecule has 1 aliphatic heterocycles. The van der Waals surface area contributed by atoms with Crippen LogP contribution < -0.4 is 25.8 Å². The maximum Gasteiger partial charge on any atom is 0.267 e. The minimum absolute atomic E-state index is 0.0644. The molecule has 0 bridgehead atoms. The molecule has 300 valence electrons. The van der Waals surface area contributed by atoms with E-state index in [0.29, 0.717) is 28.4 Å². The van der Waals surface area contributed by atoms with Gasteiger partial charge in [-0.2, -0.15) is 0 Å². The number of nitrogens with zero attached hydrogens (tertiary/aromatic N) is 2. The highest BCUT2D eigenvalue weighted by atomic mass is 35.5. The lowest BCUT2D eigenvalue weighted by atomic mass is 10.1. The second kappa shape index (κ2) is 18.8. The number of hydrogen-bond donors (Lipinski definition) is 3. The average Bonchev–Trinajstić information content (AvgIpc) is 3.47. The number of rotatable bonds is 11. The number of ether oxygens (including phenoxy) is 1. The average molecular weight is 959 g/mol. The molecular weight excluding hydrogens is 930 g/mol. The standard InChI is InChI=1S/C40H29Cl8N5O4S/c1-4-26(57-27-15-12-18(2)16-19(27)3)38(54)51-24-10-5-6-11-28(24)58-36-37(52-53(40(36)56)35-33(47)31(45)30(44)32(46)34(35)48)50-25-17-20(13-14-21(25)41)49-39(55)29-22(42)8-7-9-23(29)43/h5-17,26,36H,4H2,1-3H3,(H,49,55)(H,50,52)(H,51,54). The first-order valence-corrected chi connectivity index (χ1v) is 21.1. The van der Waals surface area contributed by atoms with Crippen molar-refractivity contribution < 1.29 is 19.1 Å². The molecule has 3 N–H and O–H groups in total. The van der Waals surface area contributed by atoms with Crippen LogP contribution in [0.2, 0.25) is 40.2 Å². The van der Waals surface area contributed by atoms with Crippen molar-refractivity contribution in [3.63, 3.8) is 0 Å². The van der Waals surface area contributed by atoms with Gasteiger partial charge in [-0.1, -0.05) is 136 Å². The summed E-state index contributed by atoms with van der Waals surface area (Å²) in [6.07, 6.45) is -0.445. The van der Waals surface area contributed by atoms with Crippen LogP contribution in [0.15, 0.2) is 88.8 Å². The van der Waals surface area contributed by atoms with Gasteiger partial charge in [-0.15, -0.1) is 11.8 Å². The van der Waals surface area contributed by atoms with Gasteiger partial charge >= 0.3 is 0 Å². The summed E-state index contributed by atoms with van der Waals surface area (Å²) in [5.74, 6) is -0.908. The Hall–Kier alpha value is -3.55. The lowest BCUT2D eigenvalue weighted by Gasteiger charge is -2.21. The number of aliphatic imine (C=N–C) groups is 1. The van der Waals surface area contributed by atoms with Gasteiger partial charge in [0.25, 0.3) is 17.7 Å². The minimum atomic E-state index is -1.14. The van der Waals surface area contributed by atoms with Gasteiger partial charge in [0, 0.05) is 10.6 Å². The van der Waals surface area contributed by atoms with Crippen LogP contribution in [0.25, 0.3) is 0 Å². The normalized spacial score (nSPS) is 15.0.